The van der Waals surface area contributed by atoms with E-state index < -0.39 is 15.3 Å². The van der Waals surface area contributed by atoms with Gasteiger partial charge in [-0.1, -0.05) is 18.2 Å². The van der Waals surface area contributed by atoms with Crippen LogP contribution in [0.5, 0.6) is 11.5 Å². The summed E-state index contributed by atoms with van der Waals surface area (Å²) < 4.78 is 30.0. The molecule has 1 heterocycles. The van der Waals surface area contributed by atoms with Crippen molar-refractivity contribution in [3.05, 3.63) is 77.1 Å². The summed E-state index contributed by atoms with van der Waals surface area (Å²) in [6, 6.07) is 17.6. The van der Waals surface area contributed by atoms with Crippen LogP contribution in [0.2, 0.25) is 0 Å². The van der Waals surface area contributed by atoms with Crippen LogP contribution in [-0.2, 0) is 10.0 Å². The highest BCUT2D eigenvalue weighted by Crippen LogP contribution is 2.41. The minimum Gasteiger partial charge on any atom is -0.457 e. The first-order valence-electron chi connectivity index (χ1n) is 10.1. The van der Waals surface area contributed by atoms with Crippen LogP contribution < -0.4 is 9.88 Å². The van der Waals surface area contributed by atoms with Crippen molar-refractivity contribution in [2.75, 3.05) is 0 Å². The SMILES string of the molecule is Cc1cc(-c2cc(C(C)S(N)(=O)=O)ccc2Oc2ccc(C3CC3)cc2)cc(C)n1. The molecule has 1 unspecified atom stereocenters. The van der Waals surface area contributed by atoms with Gasteiger partial charge < -0.3 is 4.74 Å². The molecule has 0 bridgehead atoms. The zero-order valence-electron chi connectivity index (χ0n) is 17.4. The van der Waals surface area contributed by atoms with Crippen LogP contribution in [0.25, 0.3) is 11.1 Å². The van der Waals surface area contributed by atoms with E-state index in [4.69, 9.17) is 9.88 Å². The molecular weight excluding hydrogens is 396 g/mol. The molecule has 0 radical (unpaired) electrons. The molecule has 2 aromatic carbocycles. The number of aryl methyl sites for hydroxylation is 2. The van der Waals surface area contributed by atoms with Crippen LogP contribution in [0.4, 0.5) is 0 Å². The quantitative estimate of drug-likeness (QED) is 0.578. The average molecular weight is 423 g/mol. The smallest absolute Gasteiger partial charge is 0.215 e. The van der Waals surface area contributed by atoms with Crippen LogP contribution >= 0.6 is 0 Å². The molecule has 1 aromatic heterocycles. The summed E-state index contributed by atoms with van der Waals surface area (Å²) in [7, 11) is -3.70. The number of aromatic nitrogens is 1. The monoisotopic (exact) mass is 422 g/mol. The van der Waals surface area contributed by atoms with E-state index in [-0.39, 0.29) is 0 Å². The molecule has 0 aliphatic heterocycles. The van der Waals surface area contributed by atoms with E-state index >= 15 is 0 Å². The zero-order valence-corrected chi connectivity index (χ0v) is 18.2. The number of hydrogen-bond acceptors (Lipinski definition) is 4. The topological polar surface area (TPSA) is 82.3 Å². The Morgan fingerprint density at radius 1 is 1.00 bits per heavy atom. The van der Waals surface area contributed by atoms with Gasteiger partial charge in [0.1, 0.15) is 11.5 Å². The maximum absolute atomic E-state index is 11.9. The minimum absolute atomic E-state index is 0.621. The Kier molecular flexibility index (Phi) is 5.38. The summed E-state index contributed by atoms with van der Waals surface area (Å²) in [5.74, 6) is 2.09. The van der Waals surface area contributed by atoms with Crippen LogP contribution in [0.15, 0.2) is 54.6 Å². The summed E-state index contributed by atoms with van der Waals surface area (Å²) in [5.41, 5.74) is 5.47. The van der Waals surface area contributed by atoms with E-state index in [9.17, 15) is 8.42 Å². The van der Waals surface area contributed by atoms with Gasteiger partial charge in [-0.25, -0.2) is 13.6 Å². The molecule has 156 valence electrons. The third-order valence-corrected chi connectivity index (χ3v) is 6.77. The Morgan fingerprint density at radius 2 is 1.63 bits per heavy atom. The van der Waals surface area contributed by atoms with Crippen LogP contribution in [0.3, 0.4) is 0 Å². The van der Waals surface area contributed by atoms with E-state index in [1.54, 1.807) is 13.0 Å². The number of hydrogen-bond donors (Lipinski definition) is 1. The second-order valence-corrected chi connectivity index (χ2v) is 9.96. The van der Waals surface area contributed by atoms with Crippen LogP contribution in [0.1, 0.15) is 53.4 Å². The molecule has 3 aromatic rings. The molecule has 5 nitrogen and oxygen atoms in total. The summed E-state index contributed by atoms with van der Waals surface area (Å²) in [4.78, 5) is 4.45. The number of benzene rings is 2. The van der Waals surface area contributed by atoms with Gasteiger partial charge in [0.15, 0.2) is 0 Å². The molecule has 4 rings (SSSR count). The molecule has 1 fully saturated rings. The number of primary sulfonamides is 1. The normalized spacial score (nSPS) is 15.1. The van der Waals surface area contributed by atoms with Gasteiger partial charge in [0.2, 0.25) is 10.0 Å². The molecule has 1 aliphatic rings. The lowest BCUT2D eigenvalue weighted by molar-refractivity contribution is 0.484. The zero-order chi connectivity index (χ0) is 21.5. The van der Waals surface area contributed by atoms with Gasteiger partial charge in [-0.15, -0.1) is 0 Å². The Labute approximate surface area is 178 Å². The Morgan fingerprint density at radius 3 is 2.20 bits per heavy atom. The maximum atomic E-state index is 11.9. The fraction of sp³-hybridized carbons (Fsp3) is 0.292. The van der Waals surface area contributed by atoms with Gasteiger partial charge in [-0.05, 0) is 92.6 Å². The molecule has 0 spiro atoms. The van der Waals surface area contributed by atoms with E-state index in [1.165, 1.54) is 18.4 Å². The van der Waals surface area contributed by atoms with Crippen molar-refractivity contribution in [3.63, 3.8) is 0 Å². The van der Waals surface area contributed by atoms with E-state index in [0.29, 0.717) is 17.2 Å². The second kappa shape index (κ2) is 7.85. The van der Waals surface area contributed by atoms with Crippen molar-refractivity contribution >= 4 is 10.0 Å². The number of rotatable bonds is 6. The predicted molar refractivity (Wildman–Crippen MR) is 119 cm³/mol. The van der Waals surface area contributed by atoms with Gasteiger partial charge in [0.25, 0.3) is 0 Å². The summed E-state index contributed by atoms with van der Waals surface area (Å²) in [6.45, 7) is 5.46. The third kappa shape index (κ3) is 4.55. The Bertz CT molecular complexity index is 1160. The molecule has 2 N–H and O–H groups in total. The molecule has 1 aliphatic carbocycles. The maximum Gasteiger partial charge on any atom is 0.215 e. The van der Waals surface area contributed by atoms with Crippen LogP contribution in [0, 0.1) is 13.8 Å². The highest BCUT2D eigenvalue weighted by molar-refractivity contribution is 7.89. The van der Waals surface area contributed by atoms with Crippen molar-refractivity contribution < 1.29 is 13.2 Å². The second-order valence-electron chi connectivity index (χ2n) is 8.07. The van der Waals surface area contributed by atoms with Crippen molar-refractivity contribution in [2.45, 2.75) is 44.8 Å². The standard InChI is InChI=1S/C24H26N2O3S/c1-15-12-21(13-16(2)26-15)23-14-20(17(3)30(25,27)28)8-11-24(23)29-22-9-6-19(7-10-22)18-4-5-18/h6-14,17-18H,4-5H2,1-3H3,(H2,25,27,28). The van der Waals surface area contributed by atoms with Gasteiger partial charge in [-0.3, -0.25) is 4.98 Å². The number of sulfonamides is 1. The van der Waals surface area contributed by atoms with Crippen molar-refractivity contribution in [1.29, 1.82) is 0 Å². The largest absolute Gasteiger partial charge is 0.457 e. The van der Waals surface area contributed by atoms with E-state index in [2.05, 4.69) is 17.1 Å². The first kappa shape index (κ1) is 20.6. The van der Waals surface area contributed by atoms with Gasteiger partial charge in [-0.2, -0.15) is 0 Å². The predicted octanol–water partition coefficient (Wildman–Crippen LogP) is 5.38. The lowest BCUT2D eigenvalue weighted by Gasteiger charge is -2.16. The fourth-order valence-corrected chi connectivity index (χ4v) is 4.17. The molecule has 30 heavy (non-hydrogen) atoms. The third-order valence-electron chi connectivity index (χ3n) is 5.51. The lowest BCUT2D eigenvalue weighted by Crippen LogP contribution is -2.19. The summed E-state index contributed by atoms with van der Waals surface area (Å²) in [5, 5.41) is 4.57. The van der Waals surface area contributed by atoms with E-state index in [1.807, 2.05) is 50.2 Å². The average Bonchev–Trinajstić information content (AvgIpc) is 3.52. The lowest BCUT2D eigenvalue weighted by atomic mass is 10.00. The summed E-state index contributed by atoms with van der Waals surface area (Å²) in [6.07, 6.45) is 2.52. The molecule has 1 atom stereocenters. The highest BCUT2D eigenvalue weighted by atomic mass is 32.2. The number of nitrogens with zero attached hydrogens (tertiary/aromatic N) is 1. The highest BCUT2D eigenvalue weighted by Gasteiger charge is 2.23. The molecule has 0 saturated heterocycles. The van der Waals surface area contributed by atoms with E-state index in [0.717, 1.165) is 28.3 Å². The summed E-state index contributed by atoms with van der Waals surface area (Å²) >= 11 is 0. The number of nitrogens with two attached hydrogens (primary N) is 1. The number of ether oxygens (including phenoxy) is 1. The van der Waals surface area contributed by atoms with Gasteiger partial charge >= 0.3 is 0 Å². The molecule has 0 amide bonds. The first-order valence-corrected chi connectivity index (χ1v) is 11.7. The fourth-order valence-electron chi connectivity index (χ4n) is 3.65. The first-order chi connectivity index (χ1) is 14.2. The minimum atomic E-state index is -3.70. The molecule has 1 saturated carbocycles. The van der Waals surface area contributed by atoms with Gasteiger partial charge in [0.05, 0.1) is 5.25 Å². The van der Waals surface area contributed by atoms with Crippen LogP contribution in [-0.4, -0.2) is 13.4 Å². The van der Waals surface area contributed by atoms with Gasteiger partial charge in [0, 0.05) is 17.0 Å². The number of pyridine rings is 1. The van der Waals surface area contributed by atoms with Crippen molar-refractivity contribution in [1.82, 2.24) is 4.98 Å². The molecule has 6 heteroatoms. The van der Waals surface area contributed by atoms with Crippen molar-refractivity contribution in [2.24, 2.45) is 5.14 Å². The van der Waals surface area contributed by atoms with Crippen molar-refractivity contribution in [3.8, 4) is 22.6 Å². The molecular formula is C24H26N2O3S. The Hall–Kier alpha value is -2.70. The Balaban J connectivity index is 1.76.